The van der Waals surface area contributed by atoms with Gasteiger partial charge in [0.2, 0.25) is 0 Å². The molecular formula is C6H13ClO3. The number of aliphatic hydroxyl groups is 1. The topological polar surface area (TPSA) is 57.5 Å². The van der Waals surface area contributed by atoms with Gasteiger partial charge in [0.1, 0.15) is 5.88 Å². The molecule has 0 unspecified atom stereocenters. The third kappa shape index (κ3) is 25.2. The Morgan fingerprint density at radius 2 is 2.00 bits per heavy atom. The summed E-state index contributed by atoms with van der Waals surface area (Å²) in [6.07, 6.45) is 2.04. The molecule has 0 radical (unpaired) electrons. The number of halogens is 1. The number of unbranched alkanes of at least 4 members (excludes halogenated alkanes) is 1. The molecule has 10 heavy (non-hydrogen) atoms. The van der Waals surface area contributed by atoms with E-state index in [1.54, 1.807) is 0 Å². The lowest BCUT2D eigenvalue weighted by Gasteiger charge is -1.79. The minimum Gasteiger partial charge on any atom is -0.480 e. The maximum absolute atomic E-state index is 9.24. The van der Waals surface area contributed by atoms with Crippen LogP contribution in [-0.2, 0) is 4.79 Å². The van der Waals surface area contributed by atoms with Crippen LogP contribution in [0, 0.1) is 0 Å². The van der Waals surface area contributed by atoms with Crippen molar-refractivity contribution in [2.75, 3.05) is 12.5 Å². The summed E-state index contributed by atoms with van der Waals surface area (Å²) in [5.41, 5.74) is 0. The van der Waals surface area contributed by atoms with Gasteiger partial charge in [-0.05, 0) is 6.42 Å². The molecule has 0 aliphatic rings. The van der Waals surface area contributed by atoms with E-state index in [0.29, 0.717) is 6.61 Å². The highest BCUT2D eigenvalue weighted by molar-refractivity contribution is 6.26. The number of carbonyl (C=O) groups is 1. The molecule has 62 valence electrons. The van der Waals surface area contributed by atoms with Crippen molar-refractivity contribution in [2.45, 2.75) is 19.8 Å². The van der Waals surface area contributed by atoms with Crippen LogP contribution in [0.4, 0.5) is 0 Å². The van der Waals surface area contributed by atoms with E-state index in [9.17, 15) is 4.79 Å². The lowest BCUT2D eigenvalue weighted by Crippen LogP contribution is -1.92. The van der Waals surface area contributed by atoms with E-state index in [4.69, 9.17) is 21.8 Å². The monoisotopic (exact) mass is 168 g/mol. The van der Waals surface area contributed by atoms with Crippen LogP contribution in [0.2, 0.25) is 0 Å². The lowest BCUT2D eigenvalue weighted by molar-refractivity contribution is -0.134. The molecule has 0 aromatic carbocycles. The molecule has 0 saturated carbocycles. The maximum Gasteiger partial charge on any atom is 0.318 e. The summed E-state index contributed by atoms with van der Waals surface area (Å²) in [5, 5.41) is 15.7. The third-order valence-electron chi connectivity index (χ3n) is 0.626. The number of carboxylic acids is 1. The number of carboxylic acid groups (broad SMARTS) is 1. The first-order valence-corrected chi connectivity index (χ1v) is 3.61. The maximum atomic E-state index is 9.24. The number of hydrogen-bond donors (Lipinski definition) is 2. The van der Waals surface area contributed by atoms with Crippen LogP contribution in [0.25, 0.3) is 0 Å². The fourth-order valence-electron chi connectivity index (χ4n) is 0.158. The van der Waals surface area contributed by atoms with E-state index in [-0.39, 0.29) is 5.88 Å². The van der Waals surface area contributed by atoms with Crippen molar-refractivity contribution < 1.29 is 15.0 Å². The number of aliphatic hydroxyl groups excluding tert-OH is 1. The molecule has 4 heteroatoms. The van der Waals surface area contributed by atoms with Crippen molar-refractivity contribution in [1.29, 1.82) is 0 Å². The van der Waals surface area contributed by atoms with Gasteiger partial charge in [-0.25, -0.2) is 0 Å². The molecule has 0 heterocycles. The van der Waals surface area contributed by atoms with Crippen molar-refractivity contribution in [2.24, 2.45) is 0 Å². The minimum atomic E-state index is -0.980. The SMILES string of the molecule is CCCCO.O=C(O)CCl. The molecule has 0 fully saturated rings. The molecule has 0 atom stereocenters. The summed E-state index contributed by atoms with van der Waals surface area (Å²) in [7, 11) is 0. The Labute approximate surface area is 65.6 Å². The first-order valence-electron chi connectivity index (χ1n) is 3.07. The van der Waals surface area contributed by atoms with Gasteiger partial charge in [0, 0.05) is 6.61 Å². The van der Waals surface area contributed by atoms with Crippen LogP contribution in [0.5, 0.6) is 0 Å². The van der Waals surface area contributed by atoms with E-state index in [1.165, 1.54) is 0 Å². The van der Waals surface area contributed by atoms with Gasteiger partial charge in [-0.1, -0.05) is 13.3 Å². The summed E-state index contributed by atoms with van der Waals surface area (Å²) in [6, 6.07) is 0. The zero-order valence-electron chi connectivity index (χ0n) is 6.01. The molecule has 0 aliphatic carbocycles. The van der Waals surface area contributed by atoms with E-state index >= 15 is 0 Å². The molecule has 3 nitrogen and oxygen atoms in total. The smallest absolute Gasteiger partial charge is 0.318 e. The molecule has 0 amide bonds. The molecule has 0 aromatic rings. The Hall–Kier alpha value is -0.280. The molecule has 0 spiro atoms. The number of hydrogen-bond acceptors (Lipinski definition) is 2. The highest BCUT2D eigenvalue weighted by atomic mass is 35.5. The number of rotatable bonds is 3. The van der Waals surface area contributed by atoms with Gasteiger partial charge < -0.3 is 10.2 Å². The Morgan fingerprint density at radius 3 is 2.00 bits per heavy atom. The summed E-state index contributed by atoms with van der Waals surface area (Å²) >= 11 is 4.74. The zero-order valence-corrected chi connectivity index (χ0v) is 6.76. The summed E-state index contributed by atoms with van der Waals surface area (Å²) < 4.78 is 0. The predicted molar refractivity (Wildman–Crippen MR) is 40.3 cm³/mol. The van der Waals surface area contributed by atoms with Crippen LogP contribution in [0.15, 0.2) is 0 Å². The fourth-order valence-corrected chi connectivity index (χ4v) is 0.158. The molecule has 2 N–H and O–H groups in total. The molecule has 0 saturated heterocycles. The standard InChI is InChI=1S/C4H10O.C2H3ClO2/c1-2-3-4-5;3-1-2(4)5/h5H,2-4H2,1H3;1H2,(H,4,5). The predicted octanol–water partition coefficient (Wildman–Crippen LogP) is 1.09. The van der Waals surface area contributed by atoms with Crippen LogP contribution in [-0.4, -0.2) is 28.7 Å². The molecule has 0 rings (SSSR count). The minimum absolute atomic E-state index is 0.306. The highest BCUT2D eigenvalue weighted by Crippen LogP contribution is 1.78. The normalized spacial score (nSPS) is 7.90. The van der Waals surface area contributed by atoms with Crippen molar-refractivity contribution in [1.82, 2.24) is 0 Å². The second-order valence-electron chi connectivity index (χ2n) is 1.60. The van der Waals surface area contributed by atoms with E-state index in [2.05, 4.69) is 6.92 Å². The Bertz CT molecular complexity index is 73.4. The summed E-state index contributed by atoms with van der Waals surface area (Å²) in [6.45, 7) is 2.40. The van der Waals surface area contributed by atoms with Gasteiger partial charge in [0.15, 0.2) is 0 Å². The summed E-state index contributed by atoms with van der Waals surface area (Å²) in [5.74, 6) is -1.29. The van der Waals surface area contributed by atoms with Gasteiger partial charge in [-0.2, -0.15) is 0 Å². The van der Waals surface area contributed by atoms with Crippen molar-refractivity contribution in [3.63, 3.8) is 0 Å². The molecule has 0 bridgehead atoms. The second kappa shape index (κ2) is 11.5. The van der Waals surface area contributed by atoms with Gasteiger partial charge in [0.05, 0.1) is 0 Å². The van der Waals surface area contributed by atoms with E-state index in [1.807, 2.05) is 0 Å². The van der Waals surface area contributed by atoms with E-state index < -0.39 is 5.97 Å². The highest BCUT2D eigenvalue weighted by Gasteiger charge is 1.83. The van der Waals surface area contributed by atoms with E-state index in [0.717, 1.165) is 12.8 Å². The third-order valence-corrected chi connectivity index (χ3v) is 0.855. The average Bonchev–Trinajstić information content (AvgIpc) is 1.91. The Morgan fingerprint density at radius 1 is 1.60 bits per heavy atom. The average molecular weight is 169 g/mol. The lowest BCUT2D eigenvalue weighted by atomic mass is 10.4. The number of aliphatic carboxylic acids is 1. The number of alkyl halides is 1. The van der Waals surface area contributed by atoms with Gasteiger partial charge in [-0.3, -0.25) is 4.79 Å². The van der Waals surface area contributed by atoms with Gasteiger partial charge >= 0.3 is 5.97 Å². The van der Waals surface area contributed by atoms with Crippen LogP contribution in [0.3, 0.4) is 0 Å². The van der Waals surface area contributed by atoms with Gasteiger partial charge in [0.25, 0.3) is 0 Å². The quantitative estimate of drug-likeness (QED) is 0.621. The fraction of sp³-hybridized carbons (Fsp3) is 0.833. The zero-order chi connectivity index (χ0) is 8.41. The summed E-state index contributed by atoms with van der Waals surface area (Å²) in [4.78, 5) is 9.24. The van der Waals surface area contributed by atoms with Gasteiger partial charge in [-0.15, -0.1) is 11.6 Å². The van der Waals surface area contributed by atoms with Crippen molar-refractivity contribution in [3.8, 4) is 0 Å². The first kappa shape index (κ1) is 12.4. The largest absolute Gasteiger partial charge is 0.480 e. The Balaban J connectivity index is 0. The second-order valence-corrected chi connectivity index (χ2v) is 1.87. The van der Waals surface area contributed by atoms with Crippen LogP contribution < -0.4 is 0 Å². The molecule has 0 aliphatic heterocycles. The van der Waals surface area contributed by atoms with Crippen molar-refractivity contribution in [3.05, 3.63) is 0 Å². The van der Waals surface area contributed by atoms with Crippen LogP contribution >= 0.6 is 11.6 Å². The Kier molecular flexibility index (Phi) is 14.3. The first-order chi connectivity index (χ1) is 4.68. The van der Waals surface area contributed by atoms with Crippen molar-refractivity contribution >= 4 is 17.6 Å². The van der Waals surface area contributed by atoms with Crippen LogP contribution in [0.1, 0.15) is 19.8 Å². The molecular weight excluding hydrogens is 156 g/mol. The molecule has 0 aromatic heterocycles.